The highest BCUT2D eigenvalue weighted by Gasteiger charge is 2.40. The number of aromatic nitrogens is 1. The Labute approximate surface area is 297 Å². The Hall–Kier alpha value is -6.38. The maximum atomic E-state index is 2.53. The van der Waals surface area contributed by atoms with E-state index < -0.39 is 0 Å². The number of hydrogen-bond acceptors (Lipinski definition) is 1. The molecule has 0 N–H and O–H groups in total. The summed E-state index contributed by atoms with van der Waals surface area (Å²) in [4.78, 5) is 2.53. The van der Waals surface area contributed by atoms with Crippen LogP contribution in [0.3, 0.4) is 0 Å². The van der Waals surface area contributed by atoms with Crippen molar-refractivity contribution < 1.29 is 0 Å². The summed E-state index contributed by atoms with van der Waals surface area (Å²) in [5, 5.41) is 5.09. The van der Waals surface area contributed by atoms with Gasteiger partial charge in [0.15, 0.2) is 0 Å². The Morgan fingerprint density at radius 1 is 0.431 bits per heavy atom. The number of fused-ring (bicyclic) bond motifs is 9. The third-order valence-corrected chi connectivity index (χ3v) is 11.5. The summed E-state index contributed by atoms with van der Waals surface area (Å²) in [5.74, 6) is 0. The first kappa shape index (κ1) is 28.5. The Kier molecular flexibility index (Phi) is 5.76. The molecule has 0 saturated heterocycles. The molecule has 1 aliphatic carbocycles. The molecule has 2 heteroatoms. The van der Waals surface area contributed by atoms with Gasteiger partial charge in [-0.3, -0.25) is 0 Å². The third-order valence-electron chi connectivity index (χ3n) is 11.5. The lowest BCUT2D eigenvalue weighted by molar-refractivity contribution is 0.660. The van der Waals surface area contributed by atoms with Crippen LogP contribution in [0, 0.1) is 0 Å². The third kappa shape index (κ3) is 3.82. The first-order chi connectivity index (χ1) is 25.1. The van der Waals surface area contributed by atoms with Gasteiger partial charge in [0.25, 0.3) is 0 Å². The summed E-state index contributed by atoms with van der Waals surface area (Å²) >= 11 is 0. The largest absolute Gasteiger partial charge is 0.309 e. The van der Waals surface area contributed by atoms with Crippen molar-refractivity contribution in [2.24, 2.45) is 0 Å². The number of hydrogen-bond donors (Lipinski definition) is 0. The lowest BCUT2D eigenvalue weighted by atomic mass is 9.80. The first-order valence-electron chi connectivity index (χ1n) is 17.9. The summed E-state index contributed by atoms with van der Waals surface area (Å²) in [6.45, 7) is 4.74. The van der Waals surface area contributed by atoms with Crippen molar-refractivity contribution in [2.75, 3.05) is 4.90 Å². The van der Waals surface area contributed by atoms with Gasteiger partial charge < -0.3 is 9.47 Å². The highest BCUT2D eigenvalue weighted by atomic mass is 15.2. The predicted molar refractivity (Wildman–Crippen MR) is 215 cm³/mol. The number of para-hydroxylation sites is 3. The van der Waals surface area contributed by atoms with Crippen molar-refractivity contribution in [2.45, 2.75) is 19.3 Å². The van der Waals surface area contributed by atoms with E-state index in [-0.39, 0.29) is 5.41 Å². The second-order valence-electron chi connectivity index (χ2n) is 14.5. The standard InChI is InChI=1S/C49H34N2/c1-49(2)41-21-11-9-19-39(41)47-42(49)28-27-38-37-26-25-34(36-20-13-23-45(46(36)37)51(48(38)47)33-16-7-4-8-17-33)31-24-29-44-40(30-31)35-18-10-12-22-43(35)50(44)32-14-5-3-6-15-32/h3-30H,1-2H3. The Morgan fingerprint density at radius 2 is 1.10 bits per heavy atom. The maximum Gasteiger partial charge on any atom is 0.0622 e. The molecule has 1 aliphatic heterocycles. The van der Waals surface area contributed by atoms with E-state index in [1.807, 2.05) is 0 Å². The van der Waals surface area contributed by atoms with Crippen molar-refractivity contribution >= 4 is 49.6 Å². The first-order valence-corrected chi connectivity index (χ1v) is 17.9. The predicted octanol–water partition coefficient (Wildman–Crippen LogP) is 13.4. The van der Waals surface area contributed by atoms with Crippen molar-refractivity contribution in [1.29, 1.82) is 0 Å². The molecule has 2 heterocycles. The van der Waals surface area contributed by atoms with Gasteiger partial charge >= 0.3 is 0 Å². The molecule has 0 atom stereocenters. The Bertz CT molecular complexity index is 2880. The maximum absolute atomic E-state index is 2.53. The van der Waals surface area contributed by atoms with Gasteiger partial charge in [0, 0.05) is 44.1 Å². The van der Waals surface area contributed by atoms with Crippen LogP contribution in [0.2, 0.25) is 0 Å². The van der Waals surface area contributed by atoms with Crippen LogP contribution < -0.4 is 4.90 Å². The lowest BCUT2D eigenvalue weighted by Gasteiger charge is -2.36. The highest BCUT2D eigenvalue weighted by Crippen LogP contribution is 2.60. The zero-order valence-electron chi connectivity index (χ0n) is 28.6. The molecule has 240 valence electrons. The summed E-state index contributed by atoms with van der Waals surface area (Å²) in [6.07, 6.45) is 0. The van der Waals surface area contributed by atoms with Gasteiger partial charge in [-0.2, -0.15) is 0 Å². The molecule has 51 heavy (non-hydrogen) atoms. The molecule has 8 aromatic carbocycles. The topological polar surface area (TPSA) is 8.17 Å². The van der Waals surface area contributed by atoms with E-state index in [2.05, 4.69) is 193 Å². The lowest BCUT2D eigenvalue weighted by Crippen LogP contribution is -2.18. The van der Waals surface area contributed by atoms with Crippen molar-refractivity contribution in [1.82, 2.24) is 4.57 Å². The summed E-state index contributed by atoms with van der Waals surface area (Å²) in [6, 6.07) is 62.8. The van der Waals surface area contributed by atoms with Gasteiger partial charge in [0.05, 0.1) is 22.4 Å². The molecular weight excluding hydrogens is 617 g/mol. The van der Waals surface area contributed by atoms with Crippen LogP contribution in [-0.4, -0.2) is 4.57 Å². The zero-order valence-corrected chi connectivity index (χ0v) is 28.6. The van der Waals surface area contributed by atoms with Gasteiger partial charge in [-0.1, -0.05) is 135 Å². The molecule has 9 aromatic rings. The van der Waals surface area contributed by atoms with Crippen molar-refractivity contribution in [3.63, 3.8) is 0 Å². The van der Waals surface area contributed by atoms with Crippen LogP contribution in [0.5, 0.6) is 0 Å². The van der Waals surface area contributed by atoms with Crippen LogP contribution >= 0.6 is 0 Å². The van der Waals surface area contributed by atoms with E-state index in [1.165, 1.54) is 99.8 Å². The molecule has 2 aliphatic rings. The van der Waals surface area contributed by atoms with Gasteiger partial charge in [-0.05, 0) is 87.3 Å². The van der Waals surface area contributed by atoms with Gasteiger partial charge in [0.2, 0.25) is 0 Å². The second kappa shape index (κ2) is 10.3. The molecule has 0 radical (unpaired) electrons. The van der Waals surface area contributed by atoms with Crippen LogP contribution in [-0.2, 0) is 5.41 Å². The fourth-order valence-corrected chi connectivity index (χ4v) is 9.24. The molecule has 1 aromatic heterocycles. The average molecular weight is 651 g/mol. The monoisotopic (exact) mass is 650 g/mol. The zero-order chi connectivity index (χ0) is 33.8. The molecular formula is C49H34N2. The van der Waals surface area contributed by atoms with Gasteiger partial charge in [-0.15, -0.1) is 0 Å². The van der Waals surface area contributed by atoms with E-state index in [9.17, 15) is 0 Å². The summed E-state index contributed by atoms with van der Waals surface area (Å²) in [5.41, 5.74) is 17.7. The normalized spacial score (nSPS) is 13.8. The number of benzene rings is 8. The highest BCUT2D eigenvalue weighted by molar-refractivity contribution is 6.20. The van der Waals surface area contributed by atoms with Crippen molar-refractivity contribution in [3.8, 4) is 39.1 Å². The fraction of sp³-hybridized carbons (Fsp3) is 0.0612. The van der Waals surface area contributed by atoms with Crippen LogP contribution in [0.15, 0.2) is 170 Å². The van der Waals surface area contributed by atoms with E-state index in [1.54, 1.807) is 0 Å². The molecule has 0 amide bonds. The van der Waals surface area contributed by atoms with Gasteiger partial charge in [0.1, 0.15) is 0 Å². The van der Waals surface area contributed by atoms with E-state index >= 15 is 0 Å². The Morgan fingerprint density at radius 3 is 1.94 bits per heavy atom. The number of nitrogens with zero attached hydrogens (tertiary/aromatic N) is 2. The van der Waals surface area contributed by atoms with E-state index in [0.717, 1.165) is 0 Å². The van der Waals surface area contributed by atoms with Crippen LogP contribution in [0.25, 0.3) is 71.6 Å². The van der Waals surface area contributed by atoms with Gasteiger partial charge in [-0.25, -0.2) is 0 Å². The number of anilines is 3. The summed E-state index contributed by atoms with van der Waals surface area (Å²) < 4.78 is 2.39. The second-order valence-corrected chi connectivity index (χ2v) is 14.5. The molecule has 2 nitrogen and oxygen atoms in total. The van der Waals surface area contributed by atoms with E-state index in [4.69, 9.17) is 0 Å². The van der Waals surface area contributed by atoms with E-state index in [0.29, 0.717) is 0 Å². The van der Waals surface area contributed by atoms with Crippen LogP contribution in [0.4, 0.5) is 17.1 Å². The average Bonchev–Trinajstić information content (AvgIpc) is 3.64. The molecule has 0 unspecified atom stereocenters. The quantitative estimate of drug-likeness (QED) is 0.185. The minimum Gasteiger partial charge on any atom is -0.309 e. The molecule has 0 bridgehead atoms. The fourth-order valence-electron chi connectivity index (χ4n) is 9.24. The Balaban J connectivity index is 1.19. The SMILES string of the molecule is CC1(C)c2ccccc2-c2c1ccc1c2N(c2ccccc2)c2cccc3c(-c4ccc5c(c4)c4ccccc4n5-c4ccccc4)ccc-1c23. The molecule has 11 rings (SSSR count). The molecule has 0 saturated carbocycles. The minimum absolute atomic E-state index is 0.0816. The summed E-state index contributed by atoms with van der Waals surface area (Å²) in [7, 11) is 0. The van der Waals surface area contributed by atoms with Crippen LogP contribution in [0.1, 0.15) is 25.0 Å². The molecule has 0 spiro atoms. The molecule has 0 fully saturated rings. The minimum atomic E-state index is -0.0816. The number of rotatable bonds is 3. The smallest absolute Gasteiger partial charge is 0.0622 e. The van der Waals surface area contributed by atoms with Crippen molar-refractivity contribution in [3.05, 3.63) is 181 Å².